The Balaban J connectivity index is 1.61. The number of rotatable bonds is 12. The van der Waals surface area contributed by atoms with Crippen LogP contribution in [0.5, 0.6) is 11.5 Å². The summed E-state index contributed by atoms with van der Waals surface area (Å²) in [6.45, 7) is 4.45. The number of aromatic nitrogens is 3. The van der Waals surface area contributed by atoms with Crippen LogP contribution in [-0.4, -0.2) is 61.6 Å². The minimum atomic E-state index is -0.808. The van der Waals surface area contributed by atoms with Crippen LogP contribution in [0.3, 0.4) is 0 Å². The van der Waals surface area contributed by atoms with E-state index in [1.54, 1.807) is 0 Å². The number of ether oxygens (including phenoxy) is 2. The van der Waals surface area contributed by atoms with Crippen molar-refractivity contribution in [1.29, 1.82) is 0 Å². The van der Waals surface area contributed by atoms with Gasteiger partial charge in [-0.15, -0.1) is 16.7 Å². The molecule has 0 fully saturated rings. The Morgan fingerprint density at radius 2 is 1.71 bits per heavy atom. The van der Waals surface area contributed by atoms with Crippen molar-refractivity contribution in [2.75, 3.05) is 19.1 Å². The van der Waals surface area contributed by atoms with Crippen molar-refractivity contribution in [3.05, 3.63) is 67.5 Å². The lowest BCUT2D eigenvalue weighted by atomic mass is 9.78. The van der Waals surface area contributed by atoms with Crippen molar-refractivity contribution in [2.24, 2.45) is 0 Å². The predicted molar refractivity (Wildman–Crippen MR) is 145 cm³/mol. The highest BCUT2D eigenvalue weighted by atomic mass is 127. The van der Waals surface area contributed by atoms with Crippen molar-refractivity contribution in [2.45, 2.75) is 44.6 Å². The average Bonchev–Trinajstić information content (AvgIpc) is 3.20. The van der Waals surface area contributed by atoms with Gasteiger partial charge in [0.1, 0.15) is 40.6 Å². The molecule has 0 radical (unpaired) electrons. The summed E-state index contributed by atoms with van der Waals surface area (Å²) in [4.78, 5) is 0. The summed E-state index contributed by atoms with van der Waals surface area (Å²) in [6.07, 6.45) is -1.52. The lowest BCUT2D eigenvalue weighted by Crippen LogP contribution is -2.25. The van der Waals surface area contributed by atoms with Gasteiger partial charge in [0, 0.05) is 5.41 Å². The van der Waals surface area contributed by atoms with Gasteiger partial charge in [-0.2, -0.15) is 0 Å². The summed E-state index contributed by atoms with van der Waals surface area (Å²) in [6, 6.07) is 13.6. The fourth-order valence-corrected chi connectivity index (χ4v) is 4.55. The molecule has 0 saturated heterocycles. The van der Waals surface area contributed by atoms with Gasteiger partial charge in [0.05, 0.1) is 29.2 Å². The molecule has 0 amide bonds. The molecule has 3 rings (SSSR count). The van der Waals surface area contributed by atoms with E-state index in [0.717, 1.165) is 15.6 Å². The topological polar surface area (TPSA) is 110 Å². The van der Waals surface area contributed by atoms with E-state index in [0.29, 0.717) is 20.9 Å². The van der Waals surface area contributed by atoms with Crippen LogP contribution in [0, 0.1) is 3.70 Å². The maximum Gasteiger partial charge on any atom is 0.149 e. The monoisotopic (exact) mass is 679 g/mol. The quantitative estimate of drug-likeness (QED) is 0.197. The Kier molecular flexibility index (Phi) is 10.2. The predicted octanol–water partition coefficient (Wildman–Crippen LogP) is 3.88. The van der Waals surface area contributed by atoms with Crippen molar-refractivity contribution in [3.8, 4) is 11.5 Å². The Morgan fingerprint density at radius 1 is 1.06 bits per heavy atom. The largest absolute Gasteiger partial charge is 0.491 e. The van der Waals surface area contributed by atoms with E-state index < -0.39 is 12.2 Å². The second-order valence-electron chi connectivity index (χ2n) is 8.55. The summed E-state index contributed by atoms with van der Waals surface area (Å²) in [5.41, 5.74) is 2.45. The first-order valence-corrected chi connectivity index (χ1v) is 13.3. The van der Waals surface area contributed by atoms with E-state index >= 15 is 0 Å². The minimum absolute atomic E-state index is 0.0802. The van der Waals surface area contributed by atoms with Gasteiger partial charge >= 0.3 is 0 Å². The van der Waals surface area contributed by atoms with E-state index in [4.69, 9.17) is 21.1 Å². The number of nitrogens with zero attached hydrogens (tertiary/aromatic N) is 3. The number of aliphatic hydroxyl groups excluding tert-OH is 3. The molecule has 0 aliphatic heterocycles. The van der Waals surface area contributed by atoms with Crippen LogP contribution in [0.15, 0.2) is 46.9 Å². The van der Waals surface area contributed by atoms with Gasteiger partial charge in [-0.05, 0) is 73.9 Å². The van der Waals surface area contributed by atoms with Crippen LogP contribution in [0.2, 0.25) is 0 Å². The number of benzene rings is 2. The van der Waals surface area contributed by atoms with E-state index in [1.165, 1.54) is 4.68 Å². The summed E-state index contributed by atoms with van der Waals surface area (Å²) >= 11 is 11.2. The second kappa shape index (κ2) is 12.7. The highest BCUT2D eigenvalue weighted by Gasteiger charge is 2.24. The fraction of sp³-hybridized carbons (Fsp3) is 0.417. The SMILES string of the molecule is CC(C)(c1ccc(OCC(O)Cn2nnc(I)c2CO)cc1)c1ccc(OCC(O)CCl)c(Br)c1. The van der Waals surface area contributed by atoms with Crippen molar-refractivity contribution in [3.63, 3.8) is 0 Å². The van der Waals surface area contributed by atoms with Gasteiger partial charge in [-0.3, -0.25) is 0 Å². The lowest BCUT2D eigenvalue weighted by molar-refractivity contribution is 0.0866. The molecule has 2 unspecified atom stereocenters. The van der Waals surface area contributed by atoms with Gasteiger partial charge in [-0.25, -0.2) is 4.68 Å². The number of aliphatic hydroxyl groups is 3. The van der Waals surface area contributed by atoms with Crippen molar-refractivity contribution < 1.29 is 24.8 Å². The Bertz CT molecular complexity index is 1110. The molecule has 1 aromatic heterocycles. The van der Waals surface area contributed by atoms with Crippen molar-refractivity contribution >= 4 is 50.1 Å². The standard InChI is InChI=1S/C24H28BrClIN3O5/c1-24(2,16-5-8-22(20(25)9-16)35-13-17(32)10-26)15-3-6-19(7-4-15)34-14-18(33)11-30-21(12-31)23(27)28-29-30/h3-9,17-18,31-33H,10-14H2,1-2H3. The highest BCUT2D eigenvalue weighted by molar-refractivity contribution is 14.1. The van der Waals surface area contributed by atoms with E-state index in [9.17, 15) is 15.3 Å². The number of halogens is 3. The molecule has 3 N–H and O–H groups in total. The molecule has 2 atom stereocenters. The summed E-state index contributed by atoms with van der Waals surface area (Å²) in [7, 11) is 0. The third-order valence-electron chi connectivity index (χ3n) is 5.60. The first kappa shape index (κ1) is 28.1. The molecular formula is C24H28BrClIN3O5. The van der Waals surface area contributed by atoms with E-state index in [2.05, 4.69) is 40.1 Å². The molecule has 0 spiro atoms. The summed E-state index contributed by atoms with van der Waals surface area (Å²) in [5.74, 6) is 1.40. The van der Waals surface area contributed by atoms with Crippen LogP contribution < -0.4 is 9.47 Å². The maximum atomic E-state index is 10.3. The molecule has 0 saturated carbocycles. The first-order chi connectivity index (χ1) is 16.6. The maximum absolute atomic E-state index is 10.3. The van der Waals surface area contributed by atoms with E-state index in [1.807, 2.05) is 65.1 Å². The molecule has 0 aliphatic rings. The smallest absolute Gasteiger partial charge is 0.149 e. The van der Waals surface area contributed by atoms with Crippen LogP contribution in [0.4, 0.5) is 0 Å². The van der Waals surface area contributed by atoms with Crippen LogP contribution in [-0.2, 0) is 18.6 Å². The van der Waals surface area contributed by atoms with Crippen LogP contribution >= 0.6 is 50.1 Å². The van der Waals surface area contributed by atoms with Crippen LogP contribution in [0.25, 0.3) is 0 Å². The zero-order valence-electron chi connectivity index (χ0n) is 19.4. The number of hydrogen-bond donors (Lipinski definition) is 3. The molecule has 2 aromatic carbocycles. The Hall–Kier alpha value is -1.44. The van der Waals surface area contributed by atoms with Gasteiger partial charge < -0.3 is 24.8 Å². The summed E-state index contributed by atoms with van der Waals surface area (Å²) in [5, 5.41) is 37.2. The molecular weight excluding hydrogens is 653 g/mol. The zero-order chi connectivity index (χ0) is 25.6. The third-order valence-corrected chi connectivity index (χ3v) is 7.42. The average molecular weight is 681 g/mol. The molecule has 1 heterocycles. The van der Waals surface area contributed by atoms with Gasteiger partial charge in [0.25, 0.3) is 0 Å². The molecule has 8 nitrogen and oxygen atoms in total. The molecule has 190 valence electrons. The normalized spacial score (nSPS) is 13.5. The minimum Gasteiger partial charge on any atom is -0.491 e. The van der Waals surface area contributed by atoms with Gasteiger partial charge in [-0.1, -0.05) is 37.3 Å². The highest BCUT2D eigenvalue weighted by Crippen LogP contribution is 2.36. The fourth-order valence-electron chi connectivity index (χ4n) is 3.42. The molecule has 35 heavy (non-hydrogen) atoms. The third kappa shape index (κ3) is 7.30. The summed E-state index contributed by atoms with van der Waals surface area (Å²) < 4.78 is 14.3. The first-order valence-electron chi connectivity index (χ1n) is 10.9. The zero-order valence-corrected chi connectivity index (χ0v) is 23.9. The van der Waals surface area contributed by atoms with Crippen molar-refractivity contribution in [1.82, 2.24) is 15.0 Å². The lowest BCUT2D eigenvalue weighted by Gasteiger charge is -2.27. The van der Waals surface area contributed by atoms with Gasteiger partial charge in [0.15, 0.2) is 0 Å². The molecule has 0 aliphatic carbocycles. The number of alkyl halides is 1. The molecule has 3 aromatic rings. The van der Waals surface area contributed by atoms with Crippen LogP contribution in [0.1, 0.15) is 30.7 Å². The van der Waals surface area contributed by atoms with Gasteiger partial charge in [0.2, 0.25) is 0 Å². The van der Waals surface area contributed by atoms with E-state index in [-0.39, 0.29) is 37.7 Å². The Morgan fingerprint density at radius 3 is 2.34 bits per heavy atom. The molecule has 11 heteroatoms. The Labute approximate surface area is 231 Å². The number of hydrogen-bond acceptors (Lipinski definition) is 7. The second-order valence-corrected chi connectivity index (χ2v) is 10.7. The molecule has 0 bridgehead atoms.